The fourth-order valence-electron chi connectivity index (χ4n) is 1.84. The Morgan fingerprint density at radius 2 is 2.06 bits per heavy atom. The smallest absolute Gasteiger partial charge is 0.166 e. The molecule has 0 radical (unpaired) electrons. The molecule has 0 saturated carbocycles. The summed E-state index contributed by atoms with van der Waals surface area (Å²) in [6.45, 7) is 4.61. The Bertz CT molecular complexity index is 357. The minimum absolute atomic E-state index is 0.316. The van der Waals surface area contributed by atoms with Gasteiger partial charge in [0.1, 0.15) is 0 Å². The molecule has 1 aliphatic rings. The molecule has 1 aromatic rings. The standard InChI is InChI=1S/C11H14BrFN2O/c12-9-5-8(6-10(13)11(9)16)7-15-3-1-14-2-4-15/h5-6,14,16H,1-4,7H2. The number of piperazine rings is 1. The van der Waals surface area contributed by atoms with Gasteiger partial charge in [-0.3, -0.25) is 4.90 Å². The summed E-state index contributed by atoms with van der Waals surface area (Å²) in [5.74, 6) is -0.886. The van der Waals surface area contributed by atoms with Crippen molar-refractivity contribution in [3.8, 4) is 5.75 Å². The van der Waals surface area contributed by atoms with E-state index in [1.165, 1.54) is 6.07 Å². The second-order valence-electron chi connectivity index (χ2n) is 3.93. The number of hydrogen-bond acceptors (Lipinski definition) is 3. The molecule has 2 N–H and O–H groups in total. The van der Waals surface area contributed by atoms with Gasteiger partial charge in [-0.2, -0.15) is 0 Å². The molecule has 1 aromatic carbocycles. The predicted molar refractivity (Wildman–Crippen MR) is 63.9 cm³/mol. The second kappa shape index (κ2) is 5.12. The Labute approximate surface area is 102 Å². The Morgan fingerprint density at radius 3 is 2.69 bits per heavy atom. The van der Waals surface area contributed by atoms with Gasteiger partial charge in [0.15, 0.2) is 11.6 Å². The number of nitrogens with one attached hydrogen (secondary N) is 1. The first-order chi connectivity index (χ1) is 7.66. The molecule has 0 amide bonds. The quantitative estimate of drug-likeness (QED) is 0.870. The van der Waals surface area contributed by atoms with Gasteiger partial charge >= 0.3 is 0 Å². The summed E-state index contributed by atoms with van der Waals surface area (Å²) in [5.41, 5.74) is 0.879. The lowest BCUT2D eigenvalue weighted by atomic mass is 10.2. The predicted octanol–water partition coefficient (Wildman–Crippen LogP) is 1.70. The number of aromatic hydroxyl groups is 1. The van der Waals surface area contributed by atoms with E-state index >= 15 is 0 Å². The first-order valence-corrected chi connectivity index (χ1v) is 6.06. The van der Waals surface area contributed by atoms with Crippen molar-refractivity contribution in [3.05, 3.63) is 28.0 Å². The SMILES string of the molecule is Oc1c(F)cc(CN2CCNCC2)cc1Br. The Morgan fingerprint density at radius 1 is 1.38 bits per heavy atom. The van der Waals surface area contributed by atoms with E-state index in [4.69, 9.17) is 0 Å². The third-order valence-corrected chi connectivity index (χ3v) is 3.30. The molecule has 1 aliphatic heterocycles. The highest BCUT2D eigenvalue weighted by atomic mass is 79.9. The van der Waals surface area contributed by atoms with Gasteiger partial charge in [0.2, 0.25) is 0 Å². The van der Waals surface area contributed by atoms with Crippen molar-refractivity contribution in [3.63, 3.8) is 0 Å². The maximum atomic E-state index is 13.3. The lowest BCUT2D eigenvalue weighted by Crippen LogP contribution is -2.42. The van der Waals surface area contributed by atoms with Gasteiger partial charge in [-0.1, -0.05) is 0 Å². The molecule has 1 heterocycles. The monoisotopic (exact) mass is 288 g/mol. The van der Waals surface area contributed by atoms with Crippen molar-refractivity contribution < 1.29 is 9.50 Å². The number of nitrogens with zero attached hydrogens (tertiary/aromatic N) is 1. The molecule has 1 fully saturated rings. The third kappa shape index (κ3) is 2.72. The number of halogens is 2. The number of phenols is 1. The van der Waals surface area contributed by atoms with E-state index < -0.39 is 5.82 Å². The van der Waals surface area contributed by atoms with Crippen LogP contribution in [0.15, 0.2) is 16.6 Å². The van der Waals surface area contributed by atoms with Crippen LogP contribution in [0.25, 0.3) is 0 Å². The highest BCUT2D eigenvalue weighted by Gasteiger charge is 2.13. The molecular formula is C11H14BrFN2O. The van der Waals surface area contributed by atoms with E-state index in [1.54, 1.807) is 6.07 Å². The van der Waals surface area contributed by atoms with Crippen LogP contribution in [-0.4, -0.2) is 36.2 Å². The maximum Gasteiger partial charge on any atom is 0.166 e. The van der Waals surface area contributed by atoms with E-state index in [0.29, 0.717) is 4.47 Å². The molecule has 2 rings (SSSR count). The number of hydrogen-bond donors (Lipinski definition) is 2. The molecule has 0 atom stereocenters. The van der Waals surface area contributed by atoms with Crippen LogP contribution < -0.4 is 5.32 Å². The summed E-state index contributed by atoms with van der Waals surface area (Å²) >= 11 is 3.14. The van der Waals surface area contributed by atoms with E-state index in [9.17, 15) is 9.50 Å². The van der Waals surface area contributed by atoms with Crippen LogP contribution in [0.5, 0.6) is 5.75 Å². The van der Waals surface area contributed by atoms with Crippen LogP contribution in [0.4, 0.5) is 4.39 Å². The minimum Gasteiger partial charge on any atom is -0.504 e. The molecular weight excluding hydrogens is 275 g/mol. The second-order valence-corrected chi connectivity index (χ2v) is 4.79. The molecule has 0 aromatic heterocycles. The average molecular weight is 289 g/mol. The van der Waals surface area contributed by atoms with E-state index in [0.717, 1.165) is 38.3 Å². The van der Waals surface area contributed by atoms with Gasteiger partial charge in [0, 0.05) is 32.7 Å². The average Bonchev–Trinajstić information content (AvgIpc) is 2.27. The lowest BCUT2D eigenvalue weighted by molar-refractivity contribution is 0.233. The third-order valence-electron chi connectivity index (χ3n) is 2.69. The normalized spacial score (nSPS) is 17.6. The van der Waals surface area contributed by atoms with Crippen LogP contribution in [-0.2, 0) is 6.54 Å². The van der Waals surface area contributed by atoms with E-state index in [-0.39, 0.29) is 5.75 Å². The molecule has 0 unspecified atom stereocenters. The van der Waals surface area contributed by atoms with Crippen molar-refractivity contribution in [1.29, 1.82) is 0 Å². The van der Waals surface area contributed by atoms with Gasteiger partial charge in [-0.25, -0.2) is 4.39 Å². The van der Waals surface area contributed by atoms with Crippen molar-refractivity contribution in [2.24, 2.45) is 0 Å². The summed E-state index contributed by atoms with van der Waals surface area (Å²) in [7, 11) is 0. The van der Waals surface area contributed by atoms with Crippen LogP contribution in [0.1, 0.15) is 5.56 Å². The first kappa shape index (κ1) is 11.8. The molecule has 5 heteroatoms. The van der Waals surface area contributed by atoms with Crippen molar-refractivity contribution in [2.45, 2.75) is 6.54 Å². The number of benzene rings is 1. The summed E-state index contributed by atoms with van der Waals surface area (Å²) < 4.78 is 13.7. The van der Waals surface area contributed by atoms with Crippen LogP contribution >= 0.6 is 15.9 Å². The zero-order valence-corrected chi connectivity index (χ0v) is 10.4. The fraction of sp³-hybridized carbons (Fsp3) is 0.455. The molecule has 0 spiro atoms. The van der Waals surface area contributed by atoms with Gasteiger partial charge in [-0.15, -0.1) is 0 Å². The van der Waals surface area contributed by atoms with Crippen molar-refractivity contribution in [2.75, 3.05) is 26.2 Å². The lowest BCUT2D eigenvalue weighted by Gasteiger charge is -2.27. The van der Waals surface area contributed by atoms with Gasteiger partial charge in [0.25, 0.3) is 0 Å². The van der Waals surface area contributed by atoms with E-state index in [2.05, 4.69) is 26.1 Å². The Balaban J connectivity index is 2.09. The Hall–Kier alpha value is -0.650. The summed E-state index contributed by atoms with van der Waals surface area (Å²) in [6, 6.07) is 3.16. The van der Waals surface area contributed by atoms with Crippen molar-refractivity contribution in [1.82, 2.24) is 10.2 Å². The van der Waals surface area contributed by atoms with Crippen LogP contribution in [0, 0.1) is 5.82 Å². The number of phenolic OH excluding ortho intramolecular Hbond substituents is 1. The van der Waals surface area contributed by atoms with Gasteiger partial charge < -0.3 is 10.4 Å². The molecule has 1 saturated heterocycles. The largest absolute Gasteiger partial charge is 0.504 e. The highest BCUT2D eigenvalue weighted by molar-refractivity contribution is 9.10. The minimum atomic E-state index is -0.570. The summed E-state index contributed by atoms with van der Waals surface area (Å²) in [6.07, 6.45) is 0. The fourth-order valence-corrected chi connectivity index (χ4v) is 2.32. The number of rotatable bonds is 2. The van der Waals surface area contributed by atoms with Crippen LogP contribution in [0.2, 0.25) is 0 Å². The van der Waals surface area contributed by atoms with E-state index in [1.807, 2.05) is 0 Å². The molecule has 16 heavy (non-hydrogen) atoms. The van der Waals surface area contributed by atoms with Crippen molar-refractivity contribution >= 4 is 15.9 Å². The molecule has 0 bridgehead atoms. The molecule has 88 valence electrons. The Kier molecular flexibility index (Phi) is 3.78. The first-order valence-electron chi connectivity index (χ1n) is 5.27. The summed E-state index contributed by atoms with van der Waals surface area (Å²) in [4.78, 5) is 2.26. The van der Waals surface area contributed by atoms with Crippen LogP contribution in [0.3, 0.4) is 0 Å². The molecule has 3 nitrogen and oxygen atoms in total. The maximum absolute atomic E-state index is 13.3. The summed E-state index contributed by atoms with van der Waals surface area (Å²) in [5, 5.41) is 12.6. The van der Waals surface area contributed by atoms with Gasteiger partial charge in [0.05, 0.1) is 4.47 Å². The van der Waals surface area contributed by atoms with Gasteiger partial charge in [-0.05, 0) is 33.6 Å². The zero-order chi connectivity index (χ0) is 11.5. The molecule has 0 aliphatic carbocycles. The topological polar surface area (TPSA) is 35.5 Å². The zero-order valence-electron chi connectivity index (χ0n) is 8.84. The highest BCUT2D eigenvalue weighted by Crippen LogP contribution is 2.28.